The molecule has 0 bridgehead atoms. The highest BCUT2D eigenvalue weighted by Gasteiger charge is 2.14. The fourth-order valence-electron chi connectivity index (χ4n) is 1.80. The van der Waals surface area contributed by atoms with Gasteiger partial charge in [-0.2, -0.15) is 0 Å². The fourth-order valence-corrected chi connectivity index (χ4v) is 1.80. The first-order valence-electron chi connectivity index (χ1n) is 5.47. The van der Waals surface area contributed by atoms with Gasteiger partial charge in [-0.05, 0) is 26.3 Å². The zero-order chi connectivity index (χ0) is 10.5. The molecule has 4 heteroatoms. The molecule has 1 aromatic heterocycles. The first-order chi connectivity index (χ1) is 7.36. The van der Waals surface area contributed by atoms with E-state index < -0.39 is 0 Å². The van der Waals surface area contributed by atoms with E-state index in [2.05, 4.69) is 15.3 Å². The van der Waals surface area contributed by atoms with Crippen LogP contribution in [0.4, 0.5) is 0 Å². The van der Waals surface area contributed by atoms with Crippen molar-refractivity contribution in [1.29, 1.82) is 0 Å². The summed E-state index contributed by atoms with van der Waals surface area (Å²) in [5.74, 6) is 1.28. The highest BCUT2D eigenvalue weighted by atomic mass is 16.5. The topological polar surface area (TPSA) is 47.0 Å². The van der Waals surface area contributed by atoms with E-state index in [1.165, 1.54) is 12.8 Å². The smallest absolute Gasteiger partial charge is 0.235 e. The second-order valence-electron chi connectivity index (χ2n) is 3.97. The number of piperidine rings is 1. The molecular formula is C11H17N3O. The molecule has 2 rings (SSSR count). The van der Waals surface area contributed by atoms with E-state index in [1.807, 2.05) is 6.92 Å². The van der Waals surface area contributed by atoms with Crippen molar-refractivity contribution in [2.24, 2.45) is 5.92 Å². The van der Waals surface area contributed by atoms with Gasteiger partial charge in [0, 0.05) is 24.9 Å². The Morgan fingerprint density at radius 2 is 2.33 bits per heavy atom. The molecule has 1 atom stereocenters. The Labute approximate surface area is 90.1 Å². The molecular weight excluding hydrogens is 190 g/mol. The molecule has 1 aromatic rings. The minimum absolute atomic E-state index is 0.611. The van der Waals surface area contributed by atoms with Crippen molar-refractivity contribution in [2.45, 2.75) is 19.8 Å². The number of hydrogen-bond donors (Lipinski definition) is 1. The van der Waals surface area contributed by atoms with Crippen molar-refractivity contribution < 1.29 is 4.74 Å². The van der Waals surface area contributed by atoms with Crippen LogP contribution in [0.3, 0.4) is 0 Å². The molecule has 82 valence electrons. The Kier molecular flexibility index (Phi) is 3.50. The van der Waals surface area contributed by atoms with Gasteiger partial charge in [-0.1, -0.05) is 0 Å². The SMILES string of the molecule is Cc1nccnc1OC[C@@H]1CCCNC1. The van der Waals surface area contributed by atoms with E-state index in [-0.39, 0.29) is 0 Å². The quantitative estimate of drug-likeness (QED) is 0.808. The third-order valence-corrected chi connectivity index (χ3v) is 2.69. The molecule has 1 fully saturated rings. The summed E-state index contributed by atoms with van der Waals surface area (Å²) in [7, 11) is 0. The highest BCUT2D eigenvalue weighted by molar-refractivity contribution is 5.14. The molecule has 4 nitrogen and oxygen atoms in total. The van der Waals surface area contributed by atoms with Crippen molar-refractivity contribution in [3.63, 3.8) is 0 Å². The molecule has 1 saturated heterocycles. The predicted octanol–water partition coefficient (Wildman–Crippen LogP) is 1.16. The van der Waals surface area contributed by atoms with Crippen LogP contribution in [0.15, 0.2) is 12.4 Å². The van der Waals surface area contributed by atoms with Gasteiger partial charge in [-0.15, -0.1) is 0 Å². The first kappa shape index (κ1) is 10.4. The van der Waals surface area contributed by atoms with Gasteiger partial charge in [-0.3, -0.25) is 4.98 Å². The molecule has 0 spiro atoms. The molecule has 0 aliphatic carbocycles. The van der Waals surface area contributed by atoms with Crippen LogP contribution in [0.25, 0.3) is 0 Å². The predicted molar refractivity (Wildman–Crippen MR) is 57.9 cm³/mol. The van der Waals surface area contributed by atoms with Gasteiger partial charge in [0.25, 0.3) is 0 Å². The number of ether oxygens (including phenoxy) is 1. The van der Waals surface area contributed by atoms with Crippen molar-refractivity contribution >= 4 is 0 Å². The summed E-state index contributed by atoms with van der Waals surface area (Å²) in [6.07, 6.45) is 5.84. The lowest BCUT2D eigenvalue weighted by atomic mass is 10.0. The Morgan fingerprint density at radius 3 is 3.07 bits per heavy atom. The van der Waals surface area contributed by atoms with E-state index >= 15 is 0 Å². The minimum atomic E-state index is 0.611. The van der Waals surface area contributed by atoms with E-state index in [9.17, 15) is 0 Å². The van der Waals surface area contributed by atoms with Crippen LogP contribution in [0.5, 0.6) is 5.88 Å². The van der Waals surface area contributed by atoms with Gasteiger partial charge < -0.3 is 10.1 Å². The second kappa shape index (κ2) is 5.07. The van der Waals surface area contributed by atoms with Crippen LogP contribution in [0, 0.1) is 12.8 Å². The van der Waals surface area contributed by atoms with E-state index in [0.717, 1.165) is 25.4 Å². The number of aryl methyl sites for hydroxylation is 1. The maximum Gasteiger partial charge on any atom is 0.235 e. The summed E-state index contributed by atoms with van der Waals surface area (Å²) in [4.78, 5) is 8.30. The van der Waals surface area contributed by atoms with Crippen molar-refractivity contribution in [1.82, 2.24) is 15.3 Å². The minimum Gasteiger partial charge on any atom is -0.476 e. The number of rotatable bonds is 3. The summed E-state index contributed by atoms with van der Waals surface area (Å²) in [5, 5.41) is 3.37. The average Bonchev–Trinajstić information content (AvgIpc) is 2.29. The number of nitrogens with zero attached hydrogens (tertiary/aromatic N) is 2. The van der Waals surface area contributed by atoms with Crippen molar-refractivity contribution in [3.8, 4) is 5.88 Å². The van der Waals surface area contributed by atoms with E-state index in [1.54, 1.807) is 12.4 Å². The fraction of sp³-hybridized carbons (Fsp3) is 0.636. The summed E-state index contributed by atoms with van der Waals surface area (Å²) in [6, 6.07) is 0. The molecule has 0 unspecified atom stereocenters. The molecule has 0 aromatic carbocycles. The van der Waals surface area contributed by atoms with Crippen LogP contribution in [0.1, 0.15) is 18.5 Å². The summed E-state index contributed by atoms with van der Waals surface area (Å²) >= 11 is 0. The normalized spacial score (nSPS) is 21.3. The Bertz CT molecular complexity index is 310. The molecule has 0 amide bonds. The highest BCUT2D eigenvalue weighted by Crippen LogP contribution is 2.14. The zero-order valence-corrected chi connectivity index (χ0v) is 9.07. The second-order valence-corrected chi connectivity index (χ2v) is 3.97. The lowest BCUT2D eigenvalue weighted by molar-refractivity contribution is 0.210. The lowest BCUT2D eigenvalue weighted by Gasteiger charge is -2.22. The molecule has 0 radical (unpaired) electrons. The molecule has 0 saturated carbocycles. The summed E-state index contributed by atoms with van der Waals surface area (Å²) in [6.45, 7) is 4.86. The largest absolute Gasteiger partial charge is 0.476 e. The number of nitrogens with one attached hydrogen (secondary N) is 1. The standard InChI is InChI=1S/C11H17N3O/c1-9-11(14-6-5-13-9)15-8-10-3-2-4-12-7-10/h5-6,10,12H,2-4,7-8H2,1H3/t10-/m1/s1. The van der Waals surface area contributed by atoms with Crippen molar-refractivity contribution in [2.75, 3.05) is 19.7 Å². The van der Waals surface area contributed by atoms with Gasteiger partial charge in [0.15, 0.2) is 0 Å². The van der Waals surface area contributed by atoms with Gasteiger partial charge >= 0.3 is 0 Å². The van der Waals surface area contributed by atoms with Gasteiger partial charge in [0.1, 0.15) is 0 Å². The van der Waals surface area contributed by atoms with Crippen LogP contribution >= 0.6 is 0 Å². The molecule has 1 aliphatic rings. The first-order valence-corrected chi connectivity index (χ1v) is 5.47. The molecule has 15 heavy (non-hydrogen) atoms. The Balaban J connectivity index is 1.84. The molecule has 1 N–H and O–H groups in total. The van der Waals surface area contributed by atoms with E-state index in [0.29, 0.717) is 11.8 Å². The average molecular weight is 207 g/mol. The van der Waals surface area contributed by atoms with Crippen LogP contribution in [-0.4, -0.2) is 29.7 Å². The summed E-state index contributed by atoms with van der Waals surface area (Å²) in [5.41, 5.74) is 0.862. The van der Waals surface area contributed by atoms with Crippen LogP contribution in [0.2, 0.25) is 0 Å². The van der Waals surface area contributed by atoms with Gasteiger partial charge in [-0.25, -0.2) is 4.98 Å². The van der Waals surface area contributed by atoms with Gasteiger partial charge in [0.2, 0.25) is 5.88 Å². The van der Waals surface area contributed by atoms with Crippen LogP contribution < -0.4 is 10.1 Å². The Morgan fingerprint density at radius 1 is 1.47 bits per heavy atom. The van der Waals surface area contributed by atoms with Crippen LogP contribution in [-0.2, 0) is 0 Å². The zero-order valence-electron chi connectivity index (χ0n) is 9.07. The van der Waals surface area contributed by atoms with E-state index in [4.69, 9.17) is 4.74 Å². The summed E-state index contributed by atoms with van der Waals surface area (Å²) < 4.78 is 5.66. The lowest BCUT2D eigenvalue weighted by Crippen LogP contribution is -2.33. The molecule has 2 heterocycles. The molecule has 1 aliphatic heterocycles. The Hall–Kier alpha value is -1.16. The maximum atomic E-state index is 5.66. The third-order valence-electron chi connectivity index (χ3n) is 2.69. The van der Waals surface area contributed by atoms with Gasteiger partial charge in [0.05, 0.1) is 12.3 Å². The monoisotopic (exact) mass is 207 g/mol. The maximum absolute atomic E-state index is 5.66. The third kappa shape index (κ3) is 2.89. The number of hydrogen-bond acceptors (Lipinski definition) is 4. The van der Waals surface area contributed by atoms with Crippen molar-refractivity contribution in [3.05, 3.63) is 18.1 Å². The number of aromatic nitrogens is 2.